The van der Waals surface area contributed by atoms with E-state index in [0.717, 1.165) is 18.8 Å². The smallest absolute Gasteiger partial charge is 0.0441 e. The standard InChI is InChI=1S/C12H16Cl2N2/c1-8-6-15-7-9(2)16(8)12-4-10(13)3-11(14)5-12/h3-5,8-9,15H,6-7H2,1-2H3. The summed E-state index contributed by atoms with van der Waals surface area (Å²) in [7, 11) is 0. The Hall–Kier alpha value is -0.440. The van der Waals surface area contributed by atoms with Crippen molar-refractivity contribution < 1.29 is 0 Å². The first-order valence-corrected chi connectivity index (χ1v) is 6.28. The van der Waals surface area contributed by atoms with E-state index in [-0.39, 0.29) is 0 Å². The zero-order valence-corrected chi connectivity index (χ0v) is 11.0. The van der Waals surface area contributed by atoms with Gasteiger partial charge in [0.05, 0.1) is 0 Å². The Kier molecular flexibility index (Phi) is 3.63. The number of hydrogen-bond acceptors (Lipinski definition) is 2. The summed E-state index contributed by atoms with van der Waals surface area (Å²) in [6.45, 7) is 6.40. The predicted molar refractivity (Wildman–Crippen MR) is 70.7 cm³/mol. The van der Waals surface area contributed by atoms with Gasteiger partial charge in [0.15, 0.2) is 0 Å². The van der Waals surface area contributed by atoms with Crippen molar-refractivity contribution in [2.24, 2.45) is 0 Å². The average molecular weight is 259 g/mol. The molecule has 2 unspecified atom stereocenters. The van der Waals surface area contributed by atoms with Crippen molar-refractivity contribution >= 4 is 28.9 Å². The van der Waals surface area contributed by atoms with Crippen molar-refractivity contribution in [3.05, 3.63) is 28.2 Å². The van der Waals surface area contributed by atoms with Gasteiger partial charge in [-0.05, 0) is 32.0 Å². The molecule has 1 saturated heterocycles. The molecule has 1 fully saturated rings. The fraction of sp³-hybridized carbons (Fsp3) is 0.500. The number of halogens is 2. The van der Waals surface area contributed by atoms with Crippen molar-refractivity contribution in [3.8, 4) is 0 Å². The zero-order valence-electron chi connectivity index (χ0n) is 9.50. The molecule has 1 heterocycles. The molecular formula is C12H16Cl2N2. The lowest BCUT2D eigenvalue weighted by molar-refractivity contribution is 0.432. The maximum absolute atomic E-state index is 6.04. The molecule has 0 saturated carbocycles. The van der Waals surface area contributed by atoms with Gasteiger partial charge in [0, 0.05) is 40.9 Å². The van der Waals surface area contributed by atoms with Crippen LogP contribution in [0.2, 0.25) is 10.0 Å². The topological polar surface area (TPSA) is 15.3 Å². The lowest BCUT2D eigenvalue weighted by Gasteiger charge is -2.41. The highest BCUT2D eigenvalue weighted by Gasteiger charge is 2.24. The van der Waals surface area contributed by atoms with Gasteiger partial charge in [-0.3, -0.25) is 0 Å². The molecule has 2 nitrogen and oxygen atoms in total. The van der Waals surface area contributed by atoms with Crippen molar-refractivity contribution in [1.29, 1.82) is 0 Å². The fourth-order valence-corrected chi connectivity index (χ4v) is 2.84. The predicted octanol–water partition coefficient (Wildman–Crippen LogP) is 3.18. The SMILES string of the molecule is CC1CNCC(C)N1c1cc(Cl)cc(Cl)c1. The van der Waals surface area contributed by atoms with Crippen LogP contribution in [0.25, 0.3) is 0 Å². The Bertz CT molecular complexity index is 351. The van der Waals surface area contributed by atoms with E-state index in [9.17, 15) is 0 Å². The lowest BCUT2D eigenvalue weighted by atomic mass is 10.1. The van der Waals surface area contributed by atoms with Gasteiger partial charge in [-0.15, -0.1) is 0 Å². The van der Waals surface area contributed by atoms with Gasteiger partial charge in [0.1, 0.15) is 0 Å². The maximum atomic E-state index is 6.04. The summed E-state index contributed by atoms with van der Waals surface area (Å²) in [6, 6.07) is 6.64. The Morgan fingerprint density at radius 3 is 2.06 bits per heavy atom. The summed E-state index contributed by atoms with van der Waals surface area (Å²) in [6.07, 6.45) is 0. The molecule has 0 bridgehead atoms. The molecule has 88 valence electrons. The third kappa shape index (κ3) is 2.45. The van der Waals surface area contributed by atoms with E-state index in [0.29, 0.717) is 22.1 Å². The molecule has 0 amide bonds. The molecule has 4 heteroatoms. The van der Waals surface area contributed by atoms with E-state index < -0.39 is 0 Å². The Balaban J connectivity index is 2.33. The molecule has 2 atom stereocenters. The fourth-order valence-electron chi connectivity index (χ4n) is 2.33. The Morgan fingerprint density at radius 1 is 1.06 bits per heavy atom. The first-order valence-electron chi connectivity index (χ1n) is 5.53. The van der Waals surface area contributed by atoms with Crippen LogP contribution in [-0.4, -0.2) is 25.2 Å². The monoisotopic (exact) mass is 258 g/mol. The van der Waals surface area contributed by atoms with Crippen molar-refractivity contribution in [1.82, 2.24) is 5.32 Å². The Morgan fingerprint density at radius 2 is 1.56 bits per heavy atom. The summed E-state index contributed by atoms with van der Waals surface area (Å²) >= 11 is 12.1. The molecule has 0 spiro atoms. The maximum Gasteiger partial charge on any atom is 0.0441 e. The minimum atomic E-state index is 0.457. The third-order valence-electron chi connectivity index (χ3n) is 2.97. The second kappa shape index (κ2) is 4.82. The van der Waals surface area contributed by atoms with Gasteiger partial charge in [-0.25, -0.2) is 0 Å². The van der Waals surface area contributed by atoms with Crippen molar-refractivity contribution in [2.45, 2.75) is 25.9 Å². The summed E-state index contributed by atoms with van der Waals surface area (Å²) in [5.41, 5.74) is 1.11. The van der Waals surface area contributed by atoms with Crippen molar-refractivity contribution in [2.75, 3.05) is 18.0 Å². The van der Waals surface area contributed by atoms with E-state index >= 15 is 0 Å². The van der Waals surface area contributed by atoms with Crippen LogP contribution in [0.5, 0.6) is 0 Å². The summed E-state index contributed by atoms with van der Waals surface area (Å²) < 4.78 is 0. The van der Waals surface area contributed by atoms with Crippen LogP contribution in [-0.2, 0) is 0 Å². The number of anilines is 1. The van der Waals surface area contributed by atoms with Gasteiger partial charge < -0.3 is 10.2 Å². The third-order valence-corrected chi connectivity index (χ3v) is 3.41. The molecule has 1 aliphatic heterocycles. The van der Waals surface area contributed by atoms with Crippen LogP contribution in [0.3, 0.4) is 0 Å². The van der Waals surface area contributed by atoms with E-state index in [4.69, 9.17) is 23.2 Å². The van der Waals surface area contributed by atoms with E-state index in [2.05, 4.69) is 24.1 Å². The number of nitrogens with one attached hydrogen (secondary N) is 1. The Labute approximate surface area is 107 Å². The van der Waals surface area contributed by atoms with Crippen LogP contribution in [0.4, 0.5) is 5.69 Å². The van der Waals surface area contributed by atoms with Crippen molar-refractivity contribution in [3.63, 3.8) is 0 Å². The normalized spacial score (nSPS) is 25.9. The average Bonchev–Trinajstić information content (AvgIpc) is 2.15. The van der Waals surface area contributed by atoms with Gasteiger partial charge in [0.25, 0.3) is 0 Å². The van der Waals surface area contributed by atoms with Crippen LogP contribution in [0.15, 0.2) is 18.2 Å². The van der Waals surface area contributed by atoms with Gasteiger partial charge >= 0.3 is 0 Å². The second-order valence-electron chi connectivity index (χ2n) is 4.39. The first kappa shape index (κ1) is 12.0. The van der Waals surface area contributed by atoms with E-state index in [1.165, 1.54) is 0 Å². The second-order valence-corrected chi connectivity index (χ2v) is 5.26. The quantitative estimate of drug-likeness (QED) is 0.833. The highest BCUT2D eigenvalue weighted by atomic mass is 35.5. The summed E-state index contributed by atoms with van der Waals surface area (Å²) in [4.78, 5) is 2.37. The van der Waals surface area contributed by atoms with E-state index in [1.54, 1.807) is 6.07 Å². The first-order chi connectivity index (χ1) is 7.58. The molecule has 0 radical (unpaired) electrons. The van der Waals surface area contributed by atoms with Gasteiger partial charge in [-0.2, -0.15) is 0 Å². The number of rotatable bonds is 1. The molecule has 1 aromatic carbocycles. The molecule has 0 aliphatic carbocycles. The minimum absolute atomic E-state index is 0.457. The highest BCUT2D eigenvalue weighted by molar-refractivity contribution is 6.35. The zero-order chi connectivity index (χ0) is 11.7. The minimum Gasteiger partial charge on any atom is -0.363 e. The van der Waals surface area contributed by atoms with Crippen LogP contribution < -0.4 is 10.2 Å². The molecule has 16 heavy (non-hydrogen) atoms. The molecule has 0 aromatic heterocycles. The largest absolute Gasteiger partial charge is 0.363 e. The molecule has 1 aromatic rings. The van der Waals surface area contributed by atoms with E-state index in [1.807, 2.05) is 12.1 Å². The van der Waals surface area contributed by atoms with Gasteiger partial charge in [0.2, 0.25) is 0 Å². The summed E-state index contributed by atoms with van der Waals surface area (Å²) in [5, 5.41) is 4.80. The number of nitrogens with zero attached hydrogens (tertiary/aromatic N) is 1. The molecular weight excluding hydrogens is 243 g/mol. The number of hydrogen-bond donors (Lipinski definition) is 1. The lowest BCUT2D eigenvalue weighted by Crippen LogP contribution is -2.55. The van der Waals surface area contributed by atoms with Crippen LogP contribution in [0.1, 0.15) is 13.8 Å². The highest BCUT2D eigenvalue weighted by Crippen LogP contribution is 2.28. The number of benzene rings is 1. The van der Waals surface area contributed by atoms with Crippen LogP contribution in [0, 0.1) is 0 Å². The molecule has 2 rings (SSSR count). The molecule has 1 aliphatic rings. The number of piperazine rings is 1. The van der Waals surface area contributed by atoms with Crippen LogP contribution >= 0.6 is 23.2 Å². The molecule has 1 N–H and O–H groups in total. The summed E-state index contributed by atoms with van der Waals surface area (Å²) in [5.74, 6) is 0. The van der Waals surface area contributed by atoms with Gasteiger partial charge in [-0.1, -0.05) is 23.2 Å².